The van der Waals surface area contributed by atoms with Crippen molar-refractivity contribution < 1.29 is 9.84 Å². The number of hydrogen-bond acceptors (Lipinski definition) is 2. The molecule has 2 heteroatoms. The monoisotopic (exact) mass is 260 g/mol. The Bertz CT molecular complexity index is 433. The van der Waals surface area contributed by atoms with Gasteiger partial charge < -0.3 is 9.84 Å². The minimum Gasteiger partial charge on any atom is -0.493 e. The molecule has 3 rings (SSSR count). The summed E-state index contributed by atoms with van der Waals surface area (Å²) in [6.45, 7) is 3.15. The molecule has 0 amide bonds. The minimum absolute atomic E-state index is 0.292. The molecule has 0 radical (unpaired) electrons. The molecule has 1 heterocycles. The molecule has 1 aromatic rings. The van der Waals surface area contributed by atoms with E-state index in [0.717, 1.165) is 49.5 Å². The lowest BCUT2D eigenvalue weighted by atomic mass is 9.78. The second-order valence-electron chi connectivity index (χ2n) is 6.28. The summed E-state index contributed by atoms with van der Waals surface area (Å²) in [5, 5.41) is 10.6. The van der Waals surface area contributed by atoms with E-state index < -0.39 is 0 Å². The van der Waals surface area contributed by atoms with E-state index in [1.807, 2.05) is 12.1 Å². The largest absolute Gasteiger partial charge is 0.493 e. The Hall–Kier alpha value is -1.02. The smallest absolute Gasteiger partial charge is 0.122 e. The van der Waals surface area contributed by atoms with Crippen molar-refractivity contribution in [3.05, 3.63) is 29.3 Å². The van der Waals surface area contributed by atoms with Gasteiger partial charge in [-0.05, 0) is 60.8 Å². The van der Waals surface area contributed by atoms with Crippen molar-refractivity contribution in [3.63, 3.8) is 0 Å². The van der Waals surface area contributed by atoms with Crippen LogP contribution in [0.1, 0.15) is 56.3 Å². The zero-order valence-electron chi connectivity index (χ0n) is 11.8. The number of ether oxygens (including phenoxy) is 1. The summed E-state index contributed by atoms with van der Waals surface area (Å²) in [6, 6.07) is 6.25. The Balaban J connectivity index is 1.74. The van der Waals surface area contributed by atoms with Gasteiger partial charge in [0.05, 0.1) is 12.7 Å². The van der Waals surface area contributed by atoms with E-state index in [1.54, 1.807) is 0 Å². The Labute approximate surface area is 115 Å². The molecule has 1 atom stereocenters. The van der Waals surface area contributed by atoms with Crippen LogP contribution >= 0.6 is 0 Å². The van der Waals surface area contributed by atoms with E-state index >= 15 is 0 Å². The number of aliphatic hydroxyl groups excluding tert-OH is 1. The van der Waals surface area contributed by atoms with Crippen molar-refractivity contribution in [1.29, 1.82) is 0 Å². The maximum atomic E-state index is 10.6. The number of rotatable bonds is 2. The third-order valence-corrected chi connectivity index (χ3v) is 4.78. The van der Waals surface area contributed by atoms with Crippen LogP contribution in [0.2, 0.25) is 0 Å². The zero-order chi connectivity index (χ0) is 13.2. The minimum atomic E-state index is -0.292. The summed E-state index contributed by atoms with van der Waals surface area (Å²) in [5.41, 5.74) is 2.36. The van der Waals surface area contributed by atoms with Crippen LogP contribution < -0.4 is 4.74 Å². The summed E-state index contributed by atoms with van der Waals surface area (Å²) in [7, 11) is 0. The van der Waals surface area contributed by atoms with Crippen LogP contribution in [-0.4, -0.2) is 11.7 Å². The summed E-state index contributed by atoms with van der Waals surface area (Å²) >= 11 is 0. The van der Waals surface area contributed by atoms with Crippen LogP contribution in [0.4, 0.5) is 0 Å². The molecule has 1 saturated carbocycles. The molecule has 104 valence electrons. The first-order chi connectivity index (χ1) is 9.24. The SMILES string of the molecule is CC1CCC(C(O)c2ccc3c(c2)CCCO3)CC1. The van der Waals surface area contributed by atoms with Gasteiger partial charge in [-0.15, -0.1) is 0 Å². The van der Waals surface area contributed by atoms with Gasteiger partial charge in [0.25, 0.3) is 0 Å². The van der Waals surface area contributed by atoms with E-state index in [2.05, 4.69) is 13.0 Å². The highest BCUT2D eigenvalue weighted by Crippen LogP contribution is 2.38. The highest BCUT2D eigenvalue weighted by Gasteiger charge is 2.26. The predicted molar refractivity (Wildman–Crippen MR) is 76.3 cm³/mol. The fraction of sp³-hybridized carbons (Fsp3) is 0.647. The summed E-state index contributed by atoms with van der Waals surface area (Å²) < 4.78 is 5.64. The van der Waals surface area contributed by atoms with Gasteiger partial charge in [-0.1, -0.05) is 25.8 Å². The van der Waals surface area contributed by atoms with Crippen molar-refractivity contribution in [1.82, 2.24) is 0 Å². The fourth-order valence-electron chi connectivity index (χ4n) is 3.44. The average Bonchev–Trinajstić information content (AvgIpc) is 2.47. The van der Waals surface area contributed by atoms with E-state index in [1.165, 1.54) is 18.4 Å². The Kier molecular flexibility index (Phi) is 3.79. The quantitative estimate of drug-likeness (QED) is 0.874. The van der Waals surface area contributed by atoms with Crippen LogP contribution in [0.5, 0.6) is 5.75 Å². The number of benzene rings is 1. The highest BCUT2D eigenvalue weighted by atomic mass is 16.5. The van der Waals surface area contributed by atoms with Crippen molar-refractivity contribution >= 4 is 0 Å². The first kappa shape index (κ1) is 13.0. The molecule has 1 aromatic carbocycles. The predicted octanol–water partition coefficient (Wildman–Crippen LogP) is 3.87. The van der Waals surface area contributed by atoms with E-state index in [9.17, 15) is 5.11 Å². The second-order valence-corrected chi connectivity index (χ2v) is 6.28. The Morgan fingerprint density at radius 1 is 1.21 bits per heavy atom. The van der Waals surface area contributed by atoms with Gasteiger partial charge in [0, 0.05) is 0 Å². The van der Waals surface area contributed by atoms with Gasteiger partial charge in [-0.2, -0.15) is 0 Å². The fourth-order valence-corrected chi connectivity index (χ4v) is 3.44. The van der Waals surface area contributed by atoms with Gasteiger partial charge in [0.1, 0.15) is 5.75 Å². The van der Waals surface area contributed by atoms with Gasteiger partial charge in [0.15, 0.2) is 0 Å². The molecule has 2 nitrogen and oxygen atoms in total. The lowest BCUT2D eigenvalue weighted by molar-refractivity contribution is 0.0754. The van der Waals surface area contributed by atoms with Gasteiger partial charge in [0.2, 0.25) is 0 Å². The zero-order valence-corrected chi connectivity index (χ0v) is 11.8. The Morgan fingerprint density at radius 3 is 2.79 bits per heavy atom. The third-order valence-electron chi connectivity index (χ3n) is 4.78. The first-order valence-electron chi connectivity index (χ1n) is 7.67. The van der Waals surface area contributed by atoms with E-state index in [-0.39, 0.29) is 6.10 Å². The average molecular weight is 260 g/mol. The van der Waals surface area contributed by atoms with Crippen molar-refractivity contribution in [2.24, 2.45) is 11.8 Å². The standard InChI is InChI=1S/C17H24O2/c1-12-4-6-13(7-5-12)17(18)15-8-9-16-14(11-15)3-2-10-19-16/h8-9,11-13,17-18H,2-7,10H2,1H3. The molecule has 19 heavy (non-hydrogen) atoms. The van der Waals surface area contributed by atoms with Crippen molar-refractivity contribution in [3.8, 4) is 5.75 Å². The third kappa shape index (κ3) is 2.79. The number of aliphatic hydroxyl groups is 1. The molecule has 0 aromatic heterocycles. The number of aryl methyl sites for hydroxylation is 1. The van der Waals surface area contributed by atoms with Crippen LogP contribution in [0.25, 0.3) is 0 Å². The van der Waals surface area contributed by atoms with E-state index in [4.69, 9.17) is 4.74 Å². The molecule has 2 aliphatic rings. The van der Waals surface area contributed by atoms with E-state index in [0.29, 0.717) is 5.92 Å². The van der Waals surface area contributed by atoms with Gasteiger partial charge in [-0.25, -0.2) is 0 Å². The van der Waals surface area contributed by atoms with Crippen LogP contribution in [0.15, 0.2) is 18.2 Å². The van der Waals surface area contributed by atoms with Crippen molar-refractivity contribution in [2.45, 2.75) is 51.6 Å². The maximum absolute atomic E-state index is 10.6. The molecule has 1 unspecified atom stereocenters. The molecule has 1 N–H and O–H groups in total. The summed E-state index contributed by atoms with van der Waals surface area (Å²) in [6.07, 6.45) is 6.72. The molecule has 1 aliphatic heterocycles. The molecular weight excluding hydrogens is 236 g/mol. The number of hydrogen-bond donors (Lipinski definition) is 1. The van der Waals surface area contributed by atoms with Gasteiger partial charge >= 0.3 is 0 Å². The molecule has 1 aliphatic carbocycles. The lowest BCUT2D eigenvalue weighted by Crippen LogP contribution is -2.19. The normalized spacial score (nSPS) is 28.3. The summed E-state index contributed by atoms with van der Waals surface area (Å²) in [4.78, 5) is 0. The van der Waals surface area contributed by atoms with Crippen LogP contribution in [0, 0.1) is 11.8 Å². The lowest BCUT2D eigenvalue weighted by Gasteiger charge is -2.30. The Morgan fingerprint density at radius 2 is 2.00 bits per heavy atom. The summed E-state index contributed by atoms with van der Waals surface area (Å²) in [5.74, 6) is 2.29. The topological polar surface area (TPSA) is 29.5 Å². The molecule has 1 fully saturated rings. The molecule has 0 saturated heterocycles. The van der Waals surface area contributed by atoms with Crippen LogP contribution in [0.3, 0.4) is 0 Å². The second kappa shape index (κ2) is 5.54. The number of fused-ring (bicyclic) bond motifs is 1. The molecular formula is C17H24O2. The highest BCUT2D eigenvalue weighted by molar-refractivity contribution is 5.39. The maximum Gasteiger partial charge on any atom is 0.122 e. The molecule has 0 spiro atoms. The molecule has 0 bridgehead atoms. The van der Waals surface area contributed by atoms with Crippen molar-refractivity contribution in [2.75, 3.05) is 6.61 Å². The van der Waals surface area contributed by atoms with Crippen LogP contribution in [-0.2, 0) is 6.42 Å². The van der Waals surface area contributed by atoms with Gasteiger partial charge in [-0.3, -0.25) is 0 Å². The first-order valence-corrected chi connectivity index (χ1v) is 7.67.